The smallest absolute Gasteiger partial charge is 0.354 e. The number of hydrogen-bond donors (Lipinski definition) is 4. The van der Waals surface area contributed by atoms with E-state index in [1.165, 1.54) is 22.0 Å². The highest BCUT2D eigenvalue weighted by molar-refractivity contribution is 5.89. The molecule has 1 aromatic carbocycles. The van der Waals surface area contributed by atoms with Crippen LogP contribution in [-0.4, -0.2) is 98.8 Å². The summed E-state index contributed by atoms with van der Waals surface area (Å²) in [5, 5.41) is 12.0. The van der Waals surface area contributed by atoms with Gasteiger partial charge in [-0.25, -0.2) is 9.59 Å². The van der Waals surface area contributed by atoms with E-state index < -0.39 is 23.9 Å². The van der Waals surface area contributed by atoms with Crippen molar-refractivity contribution >= 4 is 17.8 Å². The third kappa shape index (κ3) is 5.23. The molecule has 3 atom stereocenters. The van der Waals surface area contributed by atoms with Crippen molar-refractivity contribution in [3.63, 3.8) is 0 Å². The summed E-state index contributed by atoms with van der Waals surface area (Å²) in [6.07, 6.45) is 1.59. The van der Waals surface area contributed by atoms with Crippen molar-refractivity contribution in [1.82, 2.24) is 24.3 Å². The summed E-state index contributed by atoms with van der Waals surface area (Å²) in [7, 11) is 0. The molecule has 12 heteroatoms. The van der Waals surface area contributed by atoms with Crippen LogP contribution in [0.1, 0.15) is 12.5 Å². The molecule has 198 valence electrons. The number of aliphatic hydroxyl groups is 1. The van der Waals surface area contributed by atoms with E-state index in [4.69, 9.17) is 11.5 Å². The first-order valence-corrected chi connectivity index (χ1v) is 12.6. The minimum Gasteiger partial charge on any atom is -0.394 e. The minimum atomic E-state index is -1.35. The Balaban J connectivity index is 1.14. The normalized spacial score (nSPS) is 24.9. The number of anilines is 1. The van der Waals surface area contributed by atoms with E-state index in [0.717, 1.165) is 19.6 Å². The van der Waals surface area contributed by atoms with Gasteiger partial charge in [0.2, 0.25) is 5.91 Å². The van der Waals surface area contributed by atoms with Crippen LogP contribution in [0.15, 0.2) is 41.3 Å². The second-order valence-electron chi connectivity index (χ2n) is 10.5. The van der Waals surface area contributed by atoms with Gasteiger partial charge < -0.3 is 26.4 Å². The number of amides is 3. The second kappa shape index (κ2) is 9.86. The number of nitrogens with one attached hydrogen (secondary N) is 1. The van der Waals surface area contributed by atoms with Gasteiger partial charge in [0.15, 0.2) is 0 Å². The van der Waals surface area contributed by atoms with Gasteiger partial charge in [-0.3, -0.25) is 19.6 Å². The number of rotatable bonds is 6. The topological polar surface area (TPSA) is 163 Å². The van der Waals surface area contributed by atoms with Gasteiger partial charge in [-0.2, -0.15) is 4.98 Å². The lowest BCUT2D eigenvalue weighted by molar-refractivity contribution is -0.139. The Labute approximate surface area is 214 Å². The van der Waals surface area contributed by atoms with Gasteiger partial charge in [0.1, 0.15) is 11.4 Å². The maximum absolute atomic E-state index is 12.7. The van der Waals surface area contributed by atoms with E-state index in [9.17, 15) is 19.5 Å². The lowest BCUT2D eigenvalue weighted by Gasteiger charge is -2.37. The molecule has 37 heavy (non-hydrogen) atoms. The van der Waals surface area contributed by atoms with Crippen LogP contribution in [-0.2, 0) is 11.3 Å². The van der Waals surface area contributed by atoms with Gasteiger partial charge in [0, 0.05) is 58.1 Å². The van der Waals surface area contributed by atoms with Crippen molar-refractivity contribution in [3.8, 4) is 5.69 Å². The molecule has 12 nitrogen and oxygen atoms in total. The molecule has 1 saturated carbocycles. The molecule has 3 fully saturated rings. The first-order valence-electron chi connectivity index (χ1n) is 12.6. The second-order valence-corrected chi connectivity index (χ2v) is 10.5. The van der Waals surface area contributed by atoms with Gasteiger partial charge in [0.25, 0.3) is 0 Å². The van der Waals surface area contributed by atoms with Crippen molar-refractivity contribution in [3.05, 3.63) is 52.6 Å². The molecule has 2 aliphatic heterocycles. The fourth-order valence-electron chi connectivity index (χ4n) is 5.21. The average molecular weight is 511 g/mol. The number of piperazine rings is 1. The predicted molar refractivity (Wildman–Crippen MR) is 137 cm³/mol. The van der Waals surface area contributed by atoms with Crippen LogP contribution in [0.3, 0.4) is 0 Å². The number of fused-ring (bicyclic) bond motifs is 1. The fraction of sp³-hybridized carbons (Fsp3) is 0.520. The van der Waals surface area contributed by atoms with E-state index in [2.05, 4.69) is 15.2 Å². The first kappa shape index (κ1) is 25.3. The molecule has 1 aromatic heterocycles. The van der Waals surface area contributed by atoms with Crippen LogP contribution in [0.25, 0.3) is 5.69 Å². The van der Waals surface area contributed by atoms with E-state index >= 15 is 0 Å². The zero-order valence-electron chi connectivity index (χ0n) is 20.9. The number of benzene rings is 1. The number of nitrogens with zero attached hydrogens (tertiary/aromatic N) is 5. The number of aromatic nitrogens is 2. The number of aliphatic hydroxyl groups excluding tert-OH is 1. The van der Waals surface area contributed by atoms with Crippen LogP contribution < -0.4 is 22.5 Å². The summed E-state index contributed by atoms with van der Waals surface area (Å²) >= 11 is 0. The molecule has 0 radical (unpaired) electrons. The maximum atomic E-state index is 12.7. The predicted octanol–water partition coefficient (Wildman–Crippen LogP) is -0.993. The Morgan fingerprint density at radius 3 is 2.30 bits per heavy atom. The number of likely N-dealkylation sites (tertiary alicyclic amines) is 1. The molecule has 3 heterocycles. The number of carbonyl (C=O) groups is 2. The number of piperidine rings is 1. The lowest BCUT2D eigenvalue weighted by atomic mass is 10.0. The molecule has 2 aromatic rings. The molecule has 2 saturated heterocycles. The van der Waals surface area contributed by atoms with E-state index in [-0.39, 0.29) is 11.7 Å². The molecular formula is C25H34N8O4. The molecule has 6 N–H and O–H groups in total. The minimum absolute atomic E-state index is 0.155. The molecule has 5 rings (SSSR count). The molecule has 0 bridgehead atoms. The Kier molecular flexibility index (Phi) is 6.75. The van der Waals surface area contributed by atoms with Crippen LogP contribution in [0.4, 0.5) is 10.6 Å². The fourth-order valence-corrected chi connectivity index (χ4v) is 5.21. The van der Waals surface area contributed by atoms with Crippen molar-refractivity contribution in [1.29, 1.82) is 0 Å². The summed E-state index contributed by atoms with van der Waals surface area (Å²) in [6, 6.07) is 9.37. The van der Waals surface area contributed by atoms with Crippen molar-refractivity contribution in [2.75, 3.05) is 51.2 Å². The Bertz CT molecular complexity index is 1210. The van der Waals surface area contributed by atoms with E-state index in [1.807, 2.05) is 24.3 Å². The van der Waals surface area contributed by atoms with Gasteiger partial charge >= 0.3 is 11.7 Å². The highest BCUT2D eigenvalue weighted by Crippen LogP contribution is 2.44. The highest BCUT2D eigenvalue weighted by Gasteiger charge is 2.53. The summed E-state index contributed by atoms with van der Waals surface area (Å²) in [5.74, 6) is 1.10. The maximum Gasteiger partial charge on any atom is 0.354 e. The number of nitrogens with two attached hydrogens (primary N) is 2. The summed E-state index contributed by atoms with van der Waals surface area (Å²) in [6.45, 7) is 5.19. The standard InChI is InChI=1S/C25H34N8O4/c1-25(27,15-34)22(35)31-8-10-32(11-9-31)23(36)28-20-6-7-33(24(37)29-20)17-4-2-16(3-5-17)12-30-13-18-19(14-30)21(18)26/h2-7,18-19,21,34H,8-15,26-27H2,1H3,(H,28,29,36,37)/t18?,19?,21?,25-/m1/s1. The largest absolute Gasteiger partial charge is 0.394 e. The SMILES string of the molecule is C[C@@](N)(CO)C(=O)N1CCN(C(=O)Nc2ccn(-c3ccc(CN4CC5C(N)C5C4)cc3)c(=O)n2)CC1. The zero-order chi connectivity index (χ0) is 26.3. The monoisotopic (exact) mass is 510 g/mol. The molecule has 0 spiro atoms. The molecule has 3 aliphatic rings. The van der Waals surface area contributed by atoms with Crippen LogP contribution >= 0.6 is 0 Å². The first-order chi connectivity index (χ1) is 17.7. The third-order valence-corrected chi connectivity index (χ3v) is 7.67. The molecule has 3 amide bonds. The van der Waals surface area contributed by atoms with Crippen molar-refractivity contribution in [2.45, 2.75) is 25.0 Å². The number of carbonyl (C=O) groups excluding carboxylic acids is 2. The average Bonchev–Trinajstić information content (AvgIpc) is 3.28. The Hall–Kier alpha value is -3.32. The van der Waals surface area contributed by atoms with Gasteiger partial charge in [-0.1, -0.05) is 12.1 Å². The van der Waals surface area contributed by atoms with Crippen LogP contribution in [0, 0.1) is 11.8 Å². The van der Waals surface area contributed by atoms with Gasteiger partial charge in [-0.05, 0) is 42.5 Å². The molecular weight excluding hydrogens is 476 g/mol. The quantitative estimate of drug-likeness (QED) is 0.385. The third-order valence-electron chi connectivity index (χ3n) is 7.67. The van der Waals surface area contributed by atoms with Crippen LogP contribution in [0.5, 0.6) is 0 Å². The Morgan fingerprint density at radius 2 is 1.70 bits per heavy atom. The summed E-state index contributed by atoms with van der Waals surface area (Å²) in [4.78, 5) is 47.2. The summed E-state index contributed by atoms with van der Waals surface area (Å²) < 4.78 is 1.43. The molecule has 2 unspecified atom stereocenters. The zero-order valence-corrected chi connectivity index (χ0v) is 20.9. The van der Waals surface area contributed by atoms with Crippen molar-refractivity contribution < 1.29 is 14.7 Å². The van der Waals surface area contributed by atoms with Crippen LogP contribution in [0.2, 0.25) is 0 Å². The highest BCUT2D eigenvalue weighted by atomic mass is 16.3. The number of urea groups is 1. The molecule has 1 aliphatic carbocycles. The van der Waals surface area contributed by atoms with E-state index in [1.54, 1.807) is 17.2 Å². The van der Waals surface area contributed by atoms with E-state index in [0.29, 0.717) is 49.7 Å². The summed E-state index contributed by atoms with van der Waals surface area (Å²) in [5.41, 5.74) is 11.9. The van der Waals surface area contributed by atoms with Gasteiger partial charge in [-0.15, -0.1) is 0 Å². The Morgan fingerprint density at radius 1 is 1.08 bits per heavy atom. The van der Waals surface area contributed by atoms with Crippen molar-refractivity contribution in [2.24, 2.45) is 23.3 Å². The van der Waals surface area contributed by atoms with Gasteiger partial charge in [0.05, 0.1) is 12.3 Å². The number of hydrogen-bond acceptors (Lipinski definition) is 8. The lowest BCUT2D eigenvalue weighted by Crippen LogP contribution is -2.60.